The molecule has 4 nitrogen and oxygen atoms in total. The third-order valence-corrected chi connectivity index (χ3v) is 8.70. The van der Waals surface area contributed by atoms with Gasteiger partial charge in [0, 0.05) is 12.0 Å². The van der Waals surface area contributed by atoms with E-state index in [1.165, 1.54) is 31.3 Å². The molecule has 4 rings (SSSR count). The Balaban J connectivity index is 1.45. The summed E-state index contributed by atoms with van der Waals surface area (Å²) in [5.74, 6) is 1.54. The molecule has 1 heterocycles. The van der Waals surface area contributed by atoms with E-state index in [4.69, 9.17) is 4.74 Å². The van der Waals surface area contributed by atoms with Crippen LogP contribution in [0.2, 0.25) is 0 Å². The molecule has 4 aliphatic rings. The smallest absolute Gasteiger partial charge is 0.333 e. The van der Waals surface area contributed by atoms with Crippen LogP contribution in [0.25, 0.3) is 0 Å². The Morgan fingerprint density at radius 2 is 1.87 bits per heavy atom. The van der Waals surface area contributed by atoms with E-state index in [9.17, 15) is 15.0 Å². The van der Waals surface area contributed by atoms with Gasteiger partial charge in [0.15, 0.2) is 0 Å². The Morgan fingerprint density at radius 3 is 2.52 bits per heavy atom. The summed E-state index contributed by atoms with van der Waals surface area (Å²) in [7, 11) is 0. The molecule has 0 amide bonds. The standard InChI is InChI=1S/C27H38O4/c1-16(12-21-13-17(2)26(30)31-21)22-9-10-23-20(6-5-11-27(22,23)4)8-7-19-14-24(28)18(3)25(29)15-19/h7-8,16,21-25,28-29H,2-3,5-6,9-15H2,1,4H3/b20-8+/t16-,21-,22?,23+,24-,25-,27-/m1/s1. The number of fused-ring (bicyclic) bond motifs is 1. The van der Waals surface area contributed by atoms with E-state index in [2.05, 4.69) is 39.2 Å². The van der Waals surface area contributed by atoms with Crippen molar-refractivity contribution >= 4 is 5.97 Å². The summed E-state index contributed by atoms with van der Waals surface area (Å²) < 4.78 is 5.52. The van der Waals surface area contributed by atoms with Gasteiger partial charge in [-0.05, 0) is 80.1 Å². The number of hydrogen-bond acceptors (Lipinski definition) is 4. The van der Waals surface area contributed by atoms with E-state index in [0.29, 0.717) is 53.6 Å². The number of allylic oxidation sites excluding steroid dienone is 3. The van der Waals surface area contributed by atoms with Crippen LogP contribution < -0.4 is 0 Å². The van der Waals surface area contributed by atoms with Crippen LogP contribution in [0.4, 0.5) is 0 Å². The summed E-state index contributed by atoms with van der Waals surface area (Å²) in [6.07, 6.45) is 12.0. The molecule has 0 aromatic rings. The van der Waals surface area contributed by atoms with Crippen molar-refractivity contribution in [2.45, 2.75) is 89.9 Å². The van der Waals surface area contributed by atoms with Gasteiger partial charge in [0.1, 0.15) is 6.10 Å². The predicted octanol–water partition coefficient (Wildman–Crippen LogP) is 5.03. The molecule has 31 heavy (non-hydrogen) atoms. The van der Waals surface area contributed by atoms with E-state index >= 15 is 0 Å². The normalized spacial score (nSPS) is 40.8. The Labute approximate surface area is 186 Å². The first-order valence-corrected chi connectivity index (χ1v) is 12.0. The second kappa shape index (κ2) is 8.71. The summed E-state index contributed by atoms with van der Waals surface area (Å²) in [5, 5.41) is 20.3. The molecule has 3 saturated carbocycles. The fourth-order valence-electron chi connectivity index (χ4n) is 6.98. The van der Waals surface area contributed by atoms with Gasteiger partial charge in [0.25, 0.3) is 0 Å². The molecule has 0 radical (unpaired) electrons. The molecule has 0 bridgehead atoms. The maximum Gasteiger partial charge on any atom is 0.333 e. The predicted molar refractivity (Wildman–Crippen MR) is 122 cm³/mol. The van der Waals surface area contributed by atoms with Crippen molar-refractivity contribution in [1.82, 2.24) is 0 Å². The molecule has 170 valence electrons. The molecule has 0 spiro atoms. The lowest BCUT2D eigenvalue weighted by atomic mass is 9.60. The number of carbonyl (C=O) groups is 1. The number of esters is 1. The van der Waals surface area contributed by atoms with Crippen LogP contribution in [-0.2, 0) is 9.53 Å². The third-order valence-electron chi connectivity index (χ3n) is 8.70. The molecule has 7 atom stereocenters. The van der Waals surface area contributed by atoms with Crippen LogP contribution in [-0.4, -0.2) is 34.5 Å². The van der Waals surface area contributed by atoms with E-state index in [1.54, 1.807) is 0 Å². The van der Waals surface area contributed by atoms with Gasteiger partial charge in [-0.2, -0.15) is 0 Å². The summed E-state index contributed by atoms with van der Waals surface area (Å²) >= 11 is 0. The van der Waals surface area contributed by atoms with Crippen LogP contribution in [0.1, 0.15) is 71.6 Å². The van der Waals surface area contributed by atoms with E-state index in [0.717, 1.165) is 18.4 Å². The molecule has 1 unspecified atom stereocenters. The zero-order valence-electron chi connectivity index (χ0n) is 19.1. The lowest BCUT2D eigenvalue weighted by Crippen LogP contribution is -2.36. The quantitative estimate of drug-likeness (QED) is 0.376. The molecule has 0 aromatic heterocycles. The van der Waals surface area contributed by atoms with Crippen molar-refractivity contribution in [2.75, 3.05) is 0 Å². The fraction of sp³-hybridized carbons (Fsp3) is 0.667. The highest BCUT2D eigenvalue weighted by atomic mass is 16.5. The van der Waals surface area contributed by atoms with Gasteiger partial charge in [-0.1, -0.05) is 50.3 Å². The van der Waals surface area contributed by atoms with Gasteiger partial charge in [0.2, 0.25) is 0 Å². The van der Waals surface area contributed by atoms with Crippen molar-refractivity contribution in [2.24, 2.45) is 23.2 Å². The Hall–Kier alpha value is -1.65. The summed E-state index contributed by atoms with van der Waals surface area (Å²) in [6.45, 7) is 12.5. The molecular weight excluding hydrogens is 388 g/mol. The maximum atomic E-state index is 11.7. The summed E-state index contributed by atoms with van der Waals surface area (Å²) in [4.78, 5) is 11.7. The second-order valence-electron chi connectivity index (χ2n) is 10.7. The number of aliphatic hydroxyl groups is 2. The topological polar surface area (TPSA) is 66.8 Å². The molecule has 1 saturated heterocycles. The Bertz CT molecular complexity index is 789. The van der Waals surface area contributed by atoms with Crippen LogP contribution in [0.5, 0.6) is 0 Å². The number of carbonyl (C=O) groups excluding carboxylic acids is 1. The third kappa shape index (κ3) is 4.34. The fourth-order valence-corrected chi connectivity index (χ4v) is 6.98. The highest BCUT2D eigenvalue weighted by Crippen LogP contribution is 2.60. The average Bonchev–Trinajstić information content (AvgIpc) is 3.22. The molecular formula is C27H38O4. The molecule has 0 aromatic carbocycles. The van der Waals surface area contributed by atoms with Gasteiger partial charge in [-0.25, -0.2) is 4.79 Å². The number of ether oxygens (including phenoxy) is 1. The molecule has 3 aliphatic carbocycles. The minimum absolute atomic E-state index is 0.0000980. The minimum atomic E-state index is -0.637. The van der Waals surface area contributed by atoms with E-state index in [-0.39, 0.29) is 12.1 Å². The number of rotatable bonds is 4. The summed E-state index contributed by atoms with van der Waals surface area (Å²) in [5.41, 5.74) is 4.09. The number of hydrogen-bond donors (Lipinski definition) is 2. The molecule has 4 fully saturated rings. The minimum Gasteiger partial charge on any atom is -0.459 e. The zero-order valence-corrected chi connectivity index (χ0v) is 19.1. The van der Waals surface area contributed by atoms with Crippen molar-refractivity contribution < 1.29 is 19.7 Å². The van der Waals surface area contributed by atoms with Gasteiger partial charge in [-0.3, -0.25) is 0 Å². The van der Waals surface area contributed by atoms with Gasteiger partial charge in [0.05, 0.1) is 12.2 Å². The van der Waals surface area contributed by atoms with Crippen molar-refractivity contribution in [1.29, 1.82) is 0 Å². The van der Waals surface area contributed by atoms with Crippen molar-refractivity contribution in [3.05, 3.63) is 47.6 Å². The summed E-state index contributed by atoms with van der Waals surface area (Å²) in [6, 6.07) is 0. The van der Waals surface area contributed by atoms with Crippen LogP contribution in [0.15, 0.2) is 47.6 Å². The second-order valence-corrected chi connectivity index (χ2v) is 10.7. The SMILES string of the molecule is C=C1C[C@@H](C[C@@H](C)C2CC[C@H]3/C(=C/C=C4C[C@@H](O)C(=C)[C@H](O)C4)CCC[C@]23C)OC1=O. The maximum absolute atomic E-state index is 11.7. The highest BCUT2D eigenvalue weighted by Gasteiger charge is 2.51. The van der Waals surface area contributed by atoms with Crippen LogP contribution in [0, 0.1) is 23.2 Å². The zero-order chi connectivity index (χ0) is 22.3. The van der Waals surface area contributed by atoms with Crippen molar-refractivity contribution in [3.63, 3.8) is 0 Å². The molecule has 4 heteroatoms. The Kier molecular flexibility index (Phi) is 6.33. The lowest BCUT2D eigenvalue weighted by Gasteiger charge is -2.44. The van der Waals surface area contributed by atoms with E-state index < -0.39 is 12.2 Å². The van der Waals surface area contributed by atoms with Crippen LogP contribution in [0.3, 0.4) is 0 Å². The number of aliphatic hydroxyl groups excluding tert-OH is 2. The van der Waals surface area contributed by atoms with E-state index in [1.807, 2.05) is 0 Å². The first-order chi connectivity index (χ1) is 14.7. The van der Waals surface area contributed by atoms with Crippen LogP contribution >= 0.6 is 0 Å². The van der Waals surface area contributed by atoms with Gasteiger partial charge in [-0.15, -0.1) is 0 Å². The largest absolute Gasteiger partial charge is 0.459 e. The van der Waals surface area contributed by atoms with Crippen molar-refractivity contribution in [3.8, 4) is 0 Å². The molecule has 2 N–H and O–H groups in total. The Morgan fingerprint density at radius 1 is 1.16 bits per heavy atom. The monoisotopic (exact) mass is 426 g/mol. The lowest BCUT2D eigenvalue weighted by molar-refractivity contribution is -0.139. The van der Waals surface area contributed by atoms with Gasteiger partial charge < -0.3 is 14.9 Å². The first-order valence-electron chi connectivity index (χ1n) is 12.0. The number of cyclic esters (lactones) is 1. The average molecular weight is 427 g/mol. The highest BCUT2D eigenvalue weighted by molar-refractivity contribution is 5.89. The first kappa shape index (κ1) is 22.5. The van der Waals surface area contributed by atoms with Gasteiger partial charge >= 0.3 is 5.97 Å². The molecule has 1 aliphatic heterocycles.